The van der Waals surface area contributed by atoms with Crippen molar-refractivity contribution in [1.82, 2.24) is 5.32 Å². The van der Waals surface area contributed by atoms with E-state index in [0.717, 1.165) is 10.9 Å². The van der Waals surface area contributed by atoms with Crippen LogP contribution in [0.4, 0.5) is 0 Å². The molecule has 1 aromatic rings. The normalized spacial score (nSPS) is 10.7. The Morgan fingerprint density at radius 1 is 1.56 bits per heavy atom. The maximum absolute atomic E-state index is 11.7. The van der Waals surface area contributed by atoms with Gasteiger partial charge in [-0.05, 0) is 47.5 Å². The van der Waals surface area contributed by atoms with Gasteiger partial charge in [0.25, 0.3) is 5.91 Å². The van der Waals surface area contributed by atoms with E-state index in [9.17, 15) is 4.79 Å². The zero-order valence-corrected chi connectivity index (χ0v) is 11.3. The molecule has 1 rings (SSSR count). The van der Waals surface area contributed by atoms with E-state index >= 15 is 0 Å². The standard InChI is InChI=1S/C12H13BrClNO/c1-2-3-4-7-15-12(16)9-5-6-10(13)11(14)8-9/h2-3,5-6,8H,4,7H2,1H3,(H,15,16)/b3-2+. The second-order valence-electron chi connectivity index (χ2n) is 3.24. The van der Waals surface area contributed by atoms with Gasteiger partial charge in [0.1, 0.15) is 0 Å². The number of allylic oxidation sites excluding steroid dienone is 1. The van der Waals surface area contributed by atoms with Crippen molar-refractivity contribution in [2.45, 2.75) is 13.3 Å². The van der Waals surface area contributed by atoms with E-state index < -0.39 is 0 Å². The van der Waals surface area contributed by atoms with Crippen molar-refractivity contribution in [3.63, 3.8) is 0 Å². The minimum absolute atomic E-state index is 0.0982. The molecule has 0 aliphatic rings. The summed E-state index contributed by atoms with van der Waals surface area (Å²) in [5.41, 5.74) is 0.577. The third-order valence-electron chi connectivity index (χ3n) is 2.01. The SMILES string of the molecule is C/C=C/CCNC(=O)c1ccc(Br)c(Cl)c1. The van der Waals surface area contributed by atoms with E-state index in [1.54, 1.807) is 18.2 Å². The van der Waals surface area contributed by atoms with Crippen molar-refractivity contribution in [3.05, 3.63) is 45.4 Å². The largest absolute Gasteiger partial charge is 0.352 e. The summed E-state index contributed by atoms with van der Waals surface area (Å²) in [7, 11) is 0. The molecule has 86 valence electrons. The topological polar surface area (TPSA) is 29.1 Å². The second kappa shape index (κ2) is 6.71. The maximum Gasteiger partial charge on any atom is 0.251 e. The molecule has 1 aromatic carbocycles. The Bertz CT molecular complexity index is 404. The highest BCUT2D eigenvalue weighted by Gasteiger charge is 2.06. The lowest BCUT2D eigenvalue weighted by Gasteiger charge is -2.04. The van der Waals surface area contributed by atoms with Crippen LogP contribution in [0.5, 0.6) is 0 Å². The Morgan fingerprint density at radius 3 is 2.94 bits per heavy atom. The summed E-state index contributed by atoms with van der Waals surface area (Å²) in [5, 5.41) is 3.36. The van der Waals surface area contributed by atoms with Gasteiger partial charge in [0, 0.05) is 16.6 Å². The number of halogens is 2. The molecule has 0 fully saturated rings. The molecule has 0 heterocycles. The van der Waals surface area contributed by atoms with Crippen molar-refractivity contribution in [1.29, 1.82) is 0 Å². The van der Waals surface area contributed by atoms with E-state index in [4.69, 9.17) is 11.6 Å². The minimum atomic E-state index is -0.0982. The van der Waals surface area contributed by atoms with Crippen LogP contribution in [0.3, 0.4) is 0 Å². The van der Waals surface area contributed by atoms with Crippen LogP contribution >= 0.6 is 27.5 Å². The summed E-state index contributed by atoms with van der Waals surface area (Å²) in [6.07, 6.45) is 4.81. The molecule has 2 nitrogen and oxygen atoms in total. The first-order valence-corrected chi connectivity index (χ1v) is 6.16. The van der Waals surface area contributed by atoms with E-state index in [2.05, 4.69) is 21.2 Å². The monoisotopic (exact) mass is 301 g/mol. The third kappa shape index (κ3) is 3.99. The van der Waals surface area contributed by atoms with Crippen molar-refractivity contribution >= 4 is 33.4 Å². The molecule has 0 saturated heterocycles. The van der Waals surface area contributed by atoms with Gasteiger partial charge in [-0.1, -0.05) is 23.8 Å². The second-order valence-corrected chi connectivity index (χ2v) is 4.50. The van der Waals surface area contributed by atoms with Crippen LogP contribution in [0, 0.1) is 0 Å². The molecule has 0 aliphatic carbocycles. The summed E-state index contributed by atoms with van der Waals surface area (Å²) in [4.78, 5) is 11.7. The molecule has 0 radical (unpaired) electrons. The highest BCUT2D eigenvalue weighted by Crippen LogP contribution is 2.22. The molecule has 0 saturated carbocycles. The van der Waals surface area contributed by atoms with Gasteiger partial charge >= 0.3 is 0 Å². The first-order valence-electron chi connectivity index (χ1n) is 4.99. The van der Waals surface area contributed by atoms with Crippen LogP contribution in [-0.4, -0.2) is 12.5 Å². The zero-order chi connectivity index (χ0) is 12.0. The van der Waals surface area contributed by atoms with Gasteiger partial charge in [-0.25, -0.2) is 0 Å². The van der Waals surface area contributed by atoms with Crippen molar-refractivity contribution < 1.29 is 4.79 Å². The van der Waals surface area contributed by atoms with Crippen molar-refractivity contribution in [2.75, 3.05) is 6.54 Å². The lowest BCUT2D eigenvalue weighted by atomic mass is 10.2. The fourth-order valence-corrected chi connectivity index (χ4v) is 1.60. The summed E-state index contributed by atoms with van der Waals surface area (Å²) in [6.45, 7) is 2.59. The Balaban J connectivity index is 2.56. The van der Waals surface area contributed by atoms with Crippen LogP contribution in [0.1, 0.15) is 23.7 Å². The molecule has 0 bridgehead atoms. The van der Waals surface area contributed by atoms with Gasteiger partial charge in [0.05, 0.1) is 5.02 Å². The van der Waals surface area contributed by atoms with Gasteiger partial charge in [0.15, 0.2) is 0 Å². The van der Waals surface area contributed by atoms with Crippen LogP contribution in [0.2, 0.25) is 5.02 Å². The first kappa shape index (κ1) is 13.3. The Labute approximate surface area is 109 Å². The number of nitrogens with one attached hydrogen (secondary N) is 1. The molecule has 4 heteroatoms. The molecule has 0 atom stereocenters. The number of hydrogen-bond donors (Lipinski definition) is 1. The predicted octanol–water partition coefficient (Wildman–Crippen LogP) is 3.80. The van der Waals surface area contributed by atoms with Gasteiger partial charge in [-0.2, -0.15) is 0 Å². The fraction of sp³-hybridized carbons (Fsp3) is 0.250. The average Bonchev–Trinajstić information content (AvgIpc) is 2.28. The highest BCUT2D eigenvalue weighted by molar-refractivity contribution is 9.10. The number of benzene rings is 1. The van der Waals surface area contributed by atoms with Crippen LogP contribution in [0.25, 0.3) is 0 Å². The minimum Gasteiger partial charge on any atom is -0.352 e. The number of rotatable bonds is 4. The Morgan fingerprint density at radius 2 is 2.31 bits per heavy atom. The highest BCUT2D eigenvalue weighted by atomic mass is 79.9. The zero-order valence-electron chi connectivity index (χ0n) is 8.97. The quantitative estimate of drug-likeness (QED) is 0.665. The molecule has 1 amide bonds. The van der Waals surface area contributed by atoms with E-state index in [-0.39, 0.29) is 5.91 Å². The Hall–Kier alpha value is -0.800. The lowest BCUT2D eigenvalue weighted by molar-refractivity contribution is 0.0954. The molecule has 0 spiro atoms. The number of carbonyl (C=O) groups excluding carboxylic acids is 1. The molecular weight excluding hydrogens is 289 g/mol. The molecule has 0 unspecified atom stereocenters. The van der Waals surface area contributed by atoms with E-state index in [0.29, 0.717) is 17.1 Å². The fourth-order valence-electron chi connectivity index (χ4n) is 1.18. The summed E-state index contributed by atoms with van der Waals surface area (Å²) in [5.74, 6) is -0.0982. The first-order chi connectivity index (χ1) is 7.65. The smallest absolute Gasteiger partial charge is 0.251 e. The van der Waals surface area contributed by atoms with Crippen LogP contribution in [0.15, 0.2) is 34.8 Å². The molecule has 0 aromatic heterocycles. The maximum atomic E-state index is 11.7. The number of hydrogen-bond acceptors (Lipinski definition) is 1. The van der Waals surface area contributed by atoms with Gasteiger partial charge in [0.2, 0.25) is 0 Å². The predicted molar refractivity (Wildman–Crippen MR) is 70.9 cm³/mol. The third-order valence-corrected chi connectivity index (χ3v) is 3.25. The summed E-state index contributed by atoms with van der Waals surface area (Å²) in [6, 6.07) is 5.15. The molecule has 0 aliphatic heterocycles. The number of carbonyl (C=O) groups is 1. The summed E-state index contributed by atoms with van der Waals surface area (Å²) >= 11 is 9.18. The lowest BCUT2D eigenvalue weighted by Crippen LogP contribution is -2.24. The summed E-state index contributed by atoms with van der Waals surface area (Å²) < 4.78 is 0.791. The van der Waals surface area contributed by atoms with Crippen molar-refractivity contribution in [2.24, 2.45) is 0 Å². The van der Waals surface area contributed by atoms with Crippen LogP contribution < -0.4 is 5.32 Å². The van der Waals surface area contributed by atoms with Crippen molar-refractivity contribution in [3.8, 4) is 0 Å². The Kier molecular flexibility index (Phi) is 5.56. The number of amides is 1. The van der Waals surface area contributed by atoms with Gasteiger partial charge < -0.3 is 5.32 Å². The molecule has 16 heavy (non-hydrogen) atoms. The van der Waals surface area contributed by atoms with Crippen LogP contribution in [-0.2, 0) is 0 Å². The van der Waals surface area contributed by atoms with E-state index in [1.807, 2.05) is 19.1 Å². The van der Waals surface area contributed by atoms with Gasteiger partial charge in [-0.3, -0.25) is 4.79 Å². The van der Waals surface area contributed by atoms with E-state index in [1.165, 1.54) is 0 Å². The molecular formula is C12H13BrClNO. The van der Waals surface area contributed by atoms with Gasteiger partial charge in [-0.15, -0.1) is 0 Å². The molecule has 1 N–H and O–H groups in total. The average molecular weight is 303 g/mol.